The Hall–Kier alpha value is -3.33. The molecule has 0 radical (unpaired) electrons. The molecule has 4 rings (SSSR count). The zero-order valence-corrected chi connectivity index (χ0v) is 15.2. The summed E-state index contributed by atoms with van der Waals surface area (Å²) in [4.78, 5) is 8.67. The molecule has 3 aromatic heterocycles. The lowest BCUT2D eigenvalue weighted by Gasteiger charge is -2.23. The van der Waals surface area contributed by atoms with Crippen molar-refractivity contribution in [2.75, 3.05) is 5.73 Å². The molecule has 3 heterocycles. The van der Waals surface area contributed by atoms with E-state index >= 15 is 0 Å². The molecule has 0 saturated heterocycles. The second-order valence-electron chi connectivity index (χ2n) is 6.81. The first-order chi connectivity index (χ1) is 13.3. The van der Waals surface area contributed by atoms with Crippen LogP contribution in [0, 0.1) is 6.92 Å². The lowest BCUT2D eigenvalue weighted by molar-refractivity contribution is -0.0883. The molecule has 4 N–H and O–H groups in total. The van der Waals surface area contributed by atoms with Gasteiger partial charge in [-0.2, -0.15) is 5.10 Å². The van der Waals surface area contributed by atoms with Crippen molar-refractivity contribution in [2.24, 2.45) is 0 Å². The third-order valence-corrected chi connectivity index (χ3v) is 4.84. The fourth-order valence-electron chi connectivity index (χ4n) is 3.08. The van der Waals surface area contributed by atoms with E-state index in [0.29, 0.717) is 22.6 Å². The van der Waals surface area contributed by atoms with Crippen LogP contribution in [0.25, 0.3) is 28.2 Å². The predicted octanol–water partition coefficient (Wildman–Crippen LogP) is 3.15. The Morgan fingerprint density at radius 2 is 2.07 bits per heavy atom. The average molecular weight is 384 g/mol. The van der Waals surface area contributed by atoms with Crippen molar-refractivity contribution in [3.05, 3.63) is 54.1 Å². The molecule has 1 atom stereocenters. The number of nitrogen functional groups attached to an aromatic ring is 1. The molecule has 0 aliphatic heterocycles. The van der Waals surface area contributed by atoms with Crippen LogP contribution in [0.1, 0.15) is 18.1 Å². The molecule has 0 aliphatic carbocycles. The van der Waals surface area contributed by atoms with Crippen LogP contribution in [0.15, 0.2) is 43.0 Å². The van der Waals surface area contributed by atoms with E-state index in [0.717, 1.165) is 18.1 Å². The minimum Gasteiger partial charge on any atom is -0.381 e. The van der Waals surface area contributed by atoms with Gasteiger partial charge in [-0.15, -0.1) is 0 Å². The number of anilines is 1. The van der Waals surface area contributed by atoms with Gasteiger partial charge in [-0.05, 0) is 31.0 Å². The van der Waals surface area contributed by atoms with Crippen LogP contribution in [0.4, 0.5) is 14.6 Å². The minimum absolute atomic E-state index is 0.120. The fraction of sp³-hybridized carbons (Fsp3) is 0.211. The summed E-state index contributed by atoms with van der Waals surface area (Å²) in [5.74, 6) is 0.235. The largest absolute Gasteiger partial charge is 0.381 e. The topological polar surface area (TPSA) is 105 Å². The van der Waals surface area contributed by atoms with Crippen LogP contribution in [0.2, 0.25) is 0 Å². The van der Waals surface area contributed by atoms with Crippen LogP contribution < -0.4 is 5.73 Å². The van der Waals surface area contributed by atoms with E-state index in [-0.39, 0.29) is 11.4 Å². The number of alkyl halides is 2. The molecular formula is C19H18F2N6O. The third-order valence-electron chi connectivity index (χ3n) is 4.84. The lowest BCUT2D eigenvalue weighted by Crippen LogP contribution is -2.30. The summed E-state index contributed by atoms with van der Waals surface area (Å²) in [5, 5.41) is 16.8. The van der Waals surface area contributed by atoms with Gasteiger partial charge in [-0.3, -0.25) is 9.50 Å². The number of fused-ring (bicyclic) bond motifs is 1. The molecule has 7 nitrogen and oxygen atoms in total. The first kappa shape index (κ1) is 18.1. The number of aromatic nitrogens is 5. The highest BCUT2D eigenvalue weighted by atomic mass is 19.3. The van der Waals surface area contributed by atoms with Crippen LogP contribution in [0.5, 0.6) is 0 Å². The first-order valence-corrected chi connectivity index (χ1v) is 8.54. The van der Waals surface area contributed by atoms with E-state index in [9.17, 15) is 13.9 Å². The quantitative estimate of drug-likeness (QED) is 0.501. The van der Waals surface area contributed by atoms with E-state index in [4.69, 9.17) is 5.73 Å². The molecule has 0 fully saturated rings. The summed E-state index contributed by atoms with van der Waals surface area (Å²) < 4.78 is 28.3. The Kier molecular flexibility index (Phi) is 4.11. The maximum absolute atomic E-state index is 13.3. The van der Waals surface area contributed by atoms with Crippen molar-refractivity contribution < 1.29 is 13.9 Å². The zero-order valence-electron chi connectivity index (χ0n) is 15.2. The predicted molar refractivity (Wildman–Crippen MR) is 101 cm³/mol. The van der Waals surface area contributed by atoms with Gasteiger partial charge < -0.3 is 10.8 Å². The van der Waals surface area contributed by atoms with Gasteiger partial charge in [0.15, 0.2) is 11.5 Å². The Labute approximate surface area is 158 Å². The first-order valence-electron chi connectivity index (χ1n) is 8.54. The summed E-state index contributed by atoms with van der Waals surface area (Å²) in [6.45, 7) is 2.96. The minimum atomic E-state index is -2.92. The monoisotopic (exact) mass is 384 g/mol. The summed E-state index contributed by atoms with van der Waals surface area (Å²) in [5.41, 5.74) is 7.88. The highest BCUT2D eigenvalue weighted by Gasteiger charge is 2.34. The van der Waals surface area contributed by atoms with Crippen LogP contribution in [0.3, 0.4) is 0 Å². The highest BCUT2D eigenvalue weighted by Crippen LogP contribution is 2.34. The molecule has 0 bridgehead atoms. The Morgan fingerprint density at radius 3 is 2.75 bits per heavy atom. The Balaban J connectivity index is 1.93. The number of aryl methyl sites for hydroxylation is 1. The SMILES string of the molecule is Cc1ccc(C(C)(O)C(F)F)cc1-c1cnc2c(N)nc(-c3cn[nH]c3)cn12. The second-order valence-corrected chi connectivity index (χ2v) is 6.81. The molecule has 0 aliphatic rings. The number of halogens is 2. The van der Waals surface area contributed by atoms with Gasteiger partial charge in [-0.25, -0.2) is 18.7 Å². The van der Waals surface area contributed by atoms with Gasteiger partial charge in [0.05, 0.1) is 23.8 Å². The van der Waals surface area contributed by atoms with Gasteiger partial charge in [-0.1, -0.05) is 12.1 Å². The van der Waals surface area contributed by atoms with Gasteiger partial charge in [0.2, 0.25) is 0 Å². The molecular weight excluding hydrogens is 366 g/mol. The normalized spacial score (nSPS) is 13.9. The number of H-pyrrole nitrogens is 1. The molecule has 0 spiro atoms. The number of hydrogen-bond acceptors (Lipinski definition) is 5. The molecule has 0 saturated carbocycles. The molecule has 0 amide bonds. The maximum atomic E-state index is 13.3. The number of nitrogens with two attached hydrogens (primary N) is 1. The van der Waals surface area contributed by atoms with Crippen molar-refractivity contribution >= 4 is 11.5 Å². The van der Waals surface area contributed by atoms with Gasteiger partial charge in [0.1, 0.15) is 5.60 Å². The van der Waals surface area contributed by atoms with E-state index in [2.05, 4.69) is 20.2 Å². The van der Waals surface area contributed by atoms with Crippen LogP contribution in [-0.4, -0.2) is 36.1 Å². The number of imidazole rings is 1. The standard InChI is InChI=1S/C19H18F2N6O/c1-10-3-4-12(19(2,28)18(20)21)5-13(10)15-8-23-17-16(22)26-14(9-27(15)17)11-6-24-25-7-11/h3-9,18,28H,1-2H3,(H2,22,26)(H,24,25). The number of rotatable bonds is 4. The molecule has 144 valence electrons. The molecule has 1 unspecified atom stereocenters. The Morgan fingerprint density at radius 1 is 1.29 bits per heavy atom. The second kappa shape index (κ2) is 6.38. The van der Waals surface area contributed by atoms with E-state index in [1.807, 2.05) is 6.92 Å². The number of nitrogens with zero attached hydrogens (tertiary/aromatic N) is 4. The van der Waals surface area contributed by atoms with Crippen molar-refractivity contribution in [1.82, 2.24) is 24.6 Å². The summed E-state index contributed by atoms with van der Waals surface area (Å²) in [6, 6.07) is 4.75. The smallest absolute Gasteiger partial charge is 0.270 e. The molecule has 1 aromatic carbocycles. The van der Waals surface area contributed by atoms with Crippen molar-refractivity contribution in [2.45, 2.75) is 25.9 Å². The van der Waals surface area contributed by atoms with E-state index < -0.39 is 12.0 Å². The molecule has 28 heavy (non-hydrogen) atoms. The van der Waals surface area contributed by atoms with E-state index in [1.165, 1.54) is 6.07 Å². The lowest BCUT2D eigenvalue weighted by atomic mass is 9.92. The van der Waals surface area contributed by atoms with Gasteiger partial charge in [0, 0.05) is 23.5 Å². The maximum Gasteiger partial charge on any atom is 0.270 e. The molecule has 9 heteroatoms. The summed E-state index contributed by atoms with van der Waals surface area (Å²) >= 11 is 0. The molecule has 4 aromatic rings. The summed E-state index contributed by atoms with van der Waals surface area (Å²) in [7, 11) is 0. The average Bonchev–Trinajstić information content (AvgIpc) is 3.31. The third kappa shape index (κ3) is 2.80. The zero-order chi connectivity index (χ0) is 20.1. The highest BCUT2D eigenvalue weighted by molar-refractivity contribution is 5.74. The van der Waals surface area contributed by atoms with Crippen molar-refractivity contribution in [3.63, 3.8) is 0 Å². The van der Waals surface area contributed by atoms with Gasteiger partial charge in [0.25, 0.3) is 6.43 Å². The number of hydrogen-bond donors (Lipinski definition) is 3. The number of aromatic amines is 1. The van der Waals surface area contributed by atoms with Crippen molar-refractivity contribution in [3.8, 4) is 22.5 Å². The van der Waals surface area contributed by atoms with Gasteiger partial charge >= 0.3 is 0 Å². The van der Waals surface area contributed by atoms with Crippen LogP contribution in [-0.2, 0) is 5.60 Å². The number of aliphatic hydroxyl groups is 1. The van der Waals surface area contributed by atoms with Crippen LogP contribution >= 0.6 is 0 Å². The van der Waals surface area contributed by atoms with Crippen molar-refractivity contribution in [1.29, 1.82) is 0 Å². The van der Waals surface area contributed by atoms with E-state index in [1.54, 1.807) is 41.3 Å². The summed E-state index contributed by atoms with van der Waals surface area (Å²) in [6.07, 6.45) is 3.76. The fourth-order valence-corrected chi connectivity index (χ4v) is 3.08. The number of nitrogens with one attached hydrogen (secondary N) is 1. The number of benzene rings is 1. The Bertz CT molecular complexity index is 1150.